The van der Waals surface area contributed by atoms with E-state index >= 15 is 0 Å². The van der Waals surface area contributed by atoms with E-state index in [0.29, 0.717) is 26.4 Å². The maximum Gasteiger partial charge on any atom is 0.335 e. The molecule has 0 atom stereocenters. The second-order valence-electron chi connectivity index (χ2n) is 6.80. The number of carbonyl (C=O) groups is 3. The van der Waals surface area contributed by atoms with Gasteiger partial charge in [-0.3, -0.25) is 9.69 Å². The van der Waals surface area contributed by atoms with Crippen molar-refractivity contribution in [1.82, 2.24) is 0 Å². The zero-order valence-electron chi connectivity index (χ0n) is 17.0. The SMILES string of the molecule is COc1ccccc1N1C(=O)/C(=C\c2ccc(-c3cc(C(=O)O)cc(C(=O)O)c3)o2)SC1=S. The summed E-state index contributed by atoms with van der Waals surface area (Å²) < 4.78 is 11.4. The van der Waals surface area contributed by atoms with Crippen LogP contribution in [0.5, 0.6) is 5.75 Å². The lowest BCUT2D eigenvalue weighted by Crippen LogP contribution is -2.27. The smallest absolute Gasteiger partial charge is 0.335 e. The molecule has 1 saturated heterocycles. The summed E-state index contributed by atoms with van der Waals surface area (Å²) in [7, 11) is 1.51. The molecular weight excluding hydrogens is 466 g/mol. The molecule has 0 bridgehead atoms. The summed E-state index contributed by atoms with van der Waals surface area (Å²) in [5.74, 6) is -1.77. The Morgan fingerprint density at radius 2 is 1.73 bits per heavy atom. The van der Waals surface area contributed by atoms with Crippen molar-refractivity contribution in [3.05, 3.63) is 76.4 Å². The number of hydrogen-bond donors (Lipinski definition) is 2. The zero-order chi connectivity index (χ0) is 23.7. The van der Waals surface area contributed by atoms with Crippen molar-refractivity contribution in [2.45, 2.75) is 0 Å². The van der Waals surface area contributed by atoms with Crippen molar-refractivity contribution >= 4 is 57.9 Å². The fourth-order valence-electron chi connectivity index (χ4n) is 3.22. The van der Waals surface area contributed by atoms with Gasteiger partial charge in [-0.05, 0) is 42.5 Å². The van der Waals surface area contributed by atoms with Crippen LogP contribution >= 0.6 is 24.0 Å². The van der Waals surface area contributed by atoms with Gasteiger partial charge in [0.25, 0.3) is 5.91 Å². The Labute approximate surface area is 197 Å². The first-order valence-electron chi connectivity index (χ1n) is 9.41. The van der Waals surface area contributed by atoms with Crippen LogP contribution in [0.4, 0.5) is 5.69 Å². The molecule has 0 spiro atoms. The van der Waals surface area contributed by atoms with E-state index in [9.17, 15) is 24.6 Å². The van der Waals surface area contributed by atoms with E-state index < -0.39 is 11.9 Å². The average molecular weight is 482 g/mol. The lowest BCUT2D eigenvalue weighted by Gasteiger charge is -2.17. The van der Waals surface area contributed by atoms with Crippen LogP contribution in [0, 0.1) is 0 Å². The lowest BCUT2D eigenvalue weighted by molar-refractivity contribution is -0.113. The molecule has 2 aromatic carbocycles. The molecular formula is C23H15NO7S2. The van der Waals surface area contributed by atoms with E-state index in [1.165, 1.54) is 30.2 Å². The second-order valence-corrected chi connectivity index (χ2v) is 8.48. The van der Waals surface area contributed by atoms with Crippen LogP contribution in [0.3, 0.4) is 0 Å². The van der Waals surface area contributed by atoms with Crippen molar-refractivity contribution in [2.24, 2.45) is 0 Å². The van der Waals surface area contributed by atoms with Gasteiger partial charge in [0.2, 0.25) is 0 Å². The standard InChI is InChI=1S/C23H15NO7S2/c1-30-18-5-3-2-4-16(18)24-20(25)19(33-23(24)32)11-15-6-7-17(31-15)12-8-13(21(26)27)10-14(9-12)22(28)29/h2-11H,1H3,(H,26,27)(H,28,29)/b19-11+. The lowest BCUT2D eigenvalue weighted by atomic mass is 10.0. The number of rotatable bonds is 6. The number of ether oxygens (including phenoxy) is 1. The third-order valence-electron chi connectivity index (χ3n) is 4.73. The van der Waals surface area contributed by atoms with E-state index in [4.69, 9.17) is 21.4 Å². The highest BCUT2D eigenvalue weighted by Gasteiger charge is 2.35. The minimum Gasteiger partial charge on any atom is -0.495 e. The number of aromatic carboxylic acids is 2. The predicted octanol–water partition coefficient (Wildman–Crippen LogP) is 4.76. The number of para-hydroxylation sites is 2. The Hall–Kier alpha value is -3.89. The summed E-state index contributed by atoms with van der Waals surface area (Å²) >= 11 is 6.50. The molecule has 1 amide bonds. The normalized spacial score (nSPS) is 14.7. The summed E-state index contributed by atoms with van der Waals surface area (Å²) in [5, 5.41) is 18.5. The van der Waals surface area contributed by atoms with Crippen molar-refractivity contribution in [2.75, 3.05) is 12.0 Å². The molecule has 1 aliphatic heterocycles. The van der Waals surface area contributed by atoms with Gasteiger partial charge in [-0.2, -0.15) is 0 Å². The Morgan fingerprint density at radius 3 is 2.36 bits per heavy atom. The van der Waals surface area contributed by atoms with Crippen LogP contribution in [-0.2, 0) is 4.79 Å². The predicted molar refractivity (Wildman–Crippen MR) is 127 cm³/mol. The van der Waals surface area contributed by atoms with Crippen molar-refractivity contribution in [3.63, 3.8) is 0 Å². The topological polar surface area (TPSA) is 117 Å². The largest absolute Gasteiger partial charge is 0.495 e. The Bertz CT molecular complexity index is 1310. The Morgan fingerprint density at radius 1 is 1.06 bits per heavy atom. The molecule has 1 fully saturated rings. The van der Waals surface area contributed by atoms with Gasteiger partial charge in [0.15, 0.2) is 4.32 Å². The van der Waals surface area contributed by atoms with Gasteiger partial charge >= 0.3 is 11.9 Å². The molecule has 10 heteroatoms. The quantitative estimate of drug-likeness (QED) is 0.380. The van der Waals surface area contributed by atoms with Gasteiger partial charge in [0.05, 0.1) is 28.8 Å². The van der Waals surface area contributed by atoms with Crippen molar-refractivity contribution in [1.29, 1.82) is 0 Å². The number of amides is 1. The highest BCUT2D eigenvalue weighted by Crippen LogP contribution is 2.40. The number of thioether (sulfide) groups is 1. The van der Waals surface area contributed by atoms with E-state index in [0.717, 1.165) is 17.8 Å². The molecule has 166 valence electrons. The number of carboxylic acids is 2. The number of carbonyl (C=O) groups excluding carboxylic acids is 1. The number of nitrogens with zero attached hydrogens (tertiary/aromatic N) is 1. The van der Waals surface area contributed by atoms with E-state index in [1.807, 2.05) is 0 Å². The van der Waals surface area contributed by atoms with Crippen molar-refractivity contribution < 1.29 is 33.8 Å². The van der Waals surface area contributed by atoms with Gasteiger partial charge in [0.1, 0.15) is 17.3 Å². The third-order valence-corrected chi connectivity index (χ3v) is 6.03. The van der Waals surface area contributed by atoms with Crippen LogP contribution in [0.25, 0.3) is 17.4 Å². The molecule has 2 heterocycles. The van der Waals surface area contributed by atoms with Crippen LogP contribution in [0.2, 0.25) is 0 Å². The molecule has 2 N–H and O–H groups in total. The highest BCUT2D eigenvalue weighted by atomic mass is 32.2. The minimum absolute atomic E-state index is 0.180. The average Bonchev–Trinajstić information content (AvgIpc) is 3.37. The number of methoxy groups -OCH3 is 1. The number of thiocarbonyl (C=S) groups is 1. The van der Waals surface area contributed by atoms with E-state index in [1.54, 1.807) is 36.4 Å². The van der Waals surface area contributed by atoms with Gasteiger partial charge < -0.3 is 19.4 Å². The molecule has 0 saturated carbocycles. The van der Waals surface area contributed by atoms with Crippen LogP contribution in [-0.4, -0.2) is 39.5 Å². The number of benzene rings is 2. The highest BCUT2D eigenvalue weighted by molar-refractivity contribution is 8.27. The Kier molecular flexibility index (Phi) is 6.03. The summed E-state index contributed by atoms with van der Waals surface area (Å²) in [5.41, 5.74) is 0.451. The van der Waals surface area contributed by atoms with E-state index in [2.05, 4.69) is 0 Å². The summed E-state index contributed by atoms with van der Waals surface area (Å²) in [6, 6.07) is 13.9. The third kappa shape index (κ3) is 4.38. The number of hydrogen-bond acceptors (Lipinski definition) is 7. The molecule has 0 unspecified atom stereocenters. The van der Waals surface area contributed by atoms with Gasteiger partial charge in [-0.1, -0.05) is 36.1 Å². The summed E-state index contributed by atoms with van der Waals surface area (Å²) in [4.78, 5) is 37.4. The molecule has 1 aliphatic rings. The molecule has 8 nitrogen and oxygen atoms in total. The first kappa shape index (κ1) is 22.3. The van der Waals surface area contributed by atoms with E-state index in [-0.39, 0.29) is 28.4 Å². The Balaban J connectivity index is 1.66. The fraction of sp³-hybridized carbons (Fsp3) is 0.0435. The molecule has 4 rings (SSSR count). The molecule has 1 aromatic heterocycles. The maximum atomic E-state index is 13.0. The molecule has 0 aliphatic carbocycles. The summed E-state index contributed by atoms with van der Waals surface area (Å²) in [6.45, 7) is 0. The van der Waals surface area contributed by atoms with Crippen LogP contribution in [0.1, 0.15) is 26.5 Å². The van der Waals surface area contributed by atoms with Gasteiger partial charge in [0, 0.05) is 11.6 Å². The maximum absolute atomic E-state index is 13.0. The first-order chi connectivity index (χ1) is 15.8. The second kappa shape index (κ2) is 8.93. The monoisotopic (exact) mass is 481 g/mol. The molecule has 33 heavy (non-hydrogen) atoms. The zero-order valence-corrected chi connectivity index (χ0v) is 18.6. The number of anilines is 1. The first-order valence-corrected chi connectivity index (χ1v) is 10.6. The van der Waals surface area contributed by atoms with Crippen molar-refractivity contribution in [3.8, 4) is 17.1 Å². The summed E-state index contributed by atoms with van der Waals surface area (Å²) in [6.07, 6.45) is 1.53. The van der Waals surface area contributed by atoms with Gasteiger partial charge in [-0.25, -0.2) is 9.59 Å². The molecule has 0 radical (unpaired) electrons. The fourth-order valence-corrected chi connectivity index (χ4v) is 4.49. The van der Waals surface area contributed by atoms with Crippen LogP contribution < -0.4 is 9.64 Å². The number of furan rings is 1. The number of carboxylic acid groups (broad SMARTS) is 2. The van der Waals surface area contributed by atoms with Crippen LogP contribution in [0.15, 0.2) is 63.9 Å². The van der Waals surface area contributed by atoms with Gasteiger partial charge in [-0.15, -0.1) is 0 Å². The molecule has 3 aromatic rings. The minimum atomic E-state index is -1.26.